The molecule has 2 amide bonds. The summed E-state index contributed by atoms with van der Waals surface area (Å²) in [6.45, 7) is 0. The minimum absolute atomic E-state index is 0.0534. The van der Waals surface area contributed by atoms with Crippen LogP contribution in [0.15, 0.2) is 60.7 Å². The van der Waals surface area contributed by atoms with E-state index in [4.69, 9.17) is 27.9 Å². The zero-order chi connectivity index (χ0) is 22.5. The molecule has 0 aliphatic heterocycles. The average molecular weight is 460 g/mol. The van der Waals surface area contributed by atoms with Gasteiger partial charge in [0.2, 0.25) is 0 Å². The van der Waals surface area contributed by atoms with E-state index >= 15 is 0 Å². The number of nitrogens with zero attached hydrogens (tertiary/aromatic N) is 1. The number of methoxy groups -OCH3 is 1. The molecule has 0 aliphatic carbocycles. The van der Waals surface area contributed by atoms with Crippen molar-refractivity contribution in [3.8, 4) is 5.75 Å². The van der Waals surface area contributed by atoms with Crippen LogP contribution in [0.3, 0.4) is 0 Å². The Bertz CT molecular complexity index is 1180. The molecule has 0 spiro atoms. The van der Waals surface area contributed by atoms with E-state index in [2.05, 4.69) is 10.6 Å². The number of hydrogen-bond donors (Lipinski definition) is 2. The van der Waals surface area contributed by atoms with Gasteiger partial charge in [-0.2, -0.15) is 0 Å². The fourth-order valence-electron chi connectivity index (χ4n) is 2.71. The molecule has 2 N–H and O–H groups in total. The van der Waals surface area contributed by atoms with E-state index < -0.39 is 16.7 Å². The number of non-ortho nitro benzene ring substituents is 1. The first kappa shape index (κ1) is 22.1. The van der Waals surface area contributed by atoms with E-state index in [1.165, 1.54) is 25.3 Å². The number of benzene rings is 3. The second kappa shape index (κ2) is 9.46. The first-order valence-corrected chi connectivity index (χ1v) is 9.55. The predicted molar refractivity (Wildman–Crippen MR) is 118 cm³/mol. The summed E-state index contributed by atoms with van der Waals surface area (Å²) in [6.07, 6.45) is 0. The van der Waals surface area contributed by atoms with Crippen molar-refractivity contribution >= 4 is 52.1 Å². The zero-order valence-electron chi connectivity index (χ0n) is 16.0. The molecular weight excluding hydrogens is 445 g/mol. The van der Waals surface area contributed by atoms with Crippen LogP contribution in [-0.4, -0.2) is 23.8 Å². The van der Waals surface area contributed by atoms with Crippen LogP contribution in [0.4, 0.5) is 17.1 Å². The first-order chi connectivity index (χ1) is 14.8. The molecule has 3 aromatic carbocycles. The molecule has 0 saturated carbocycles. The molecule has 0 atom stereocenters. The Morgan fingerprint density at radius 2 is 1.58 bits per heavy atom. The van der Waals surface area contributed by atoms with Crippen molar-refractivity contribution in [3.05, 3.63) is 92.0 Å². The van der Waals surface area contributed by atoms with Gasteiger partial charge < -0.3 is 15.4 Å². The van der Waals surface area contributed by atoms with E-state index in [0.717, 1.165) is 6.07 Å². The minimum Gasteiger partial charge on any atom is -0.494 e. The van der Waals surface area contributed by atoms with E-state index in [1.54, 1.807) is 36.4 Å². The zero-order valence-corrected chi connectivity index (χ0v) is 17.5. The third-order valence-electron chi connectivity index (χ3n) is 4.23. The van der Waals surface area contributed by atoms with Gasteiger partial charge in [-0.05, 0) is 30.3 Å². The maximum atomic E-state index is 12.5. The number of rotatable bonds is 6. The lowest BCUT2D eigenvalue weighted by Crippen LogP contribution is -2.14. The Labute approximate surface area is 186 Å². The number of hydrogen-bond acceptors (Lipinski definition) is 5. The number of carbonyl (C=O) groups is 2. The van der Waals surface area contributed by atoms with Crippen molar-refractivity contribution in [1.29, 1.82) is 0 Å². The van der Waals surface area contributed by atoms with Gasteiger partial charge in [-0.3, -0.25) is 19.7 Å². The number of halogens is 2. The van der Waals surface area contributed by atoms with Crippen molar-refractivity contribution in [2.75, 3.05) is 17.7 Å². The largest absolute Gasteiger partial charge is 0.494 e. The lowest BCUT2D eigenvalue weighted by Gasteiger charge is -2.13. The van der Waals surface area contributed by atoms with Crippen LogP contribution in [-0.2, 0) is 0 Å². The first-order valence-electron chi connectivity index (χ1n) is 8.79. The number of carbonyl (C=O) groups excluding carboxylic acids is 2. The molecule has 3 rings (SSSR count). The van der Waals surface area contributed by atoms with Gasteiger partial charge in [0, 0.05) is 23.9 Å². The molecule has 0 aliphatic rings. The lowest BCUT2D eigenvalue weighted by atomic mass is 10.1. The number of ether oxygens (including phenoxy) is 1. The highest BCUT2D eigenvalue weighted by Gasteiger charge is 2.17. The number of anilines is 2. The Hall–Kier alpha value is -3.62. The number of nitro groups is 1. The molecule has 31 heavy (non-hydrogen) atoms. The van der Waals surface area contributed by atoms with Gasteiger partial charge in [0.1, 0.15) is 5.75 Å². The summed E-state index contributed by atoms with van der Waals surface area (Å²) in [5, 5.41) is 16.4. The summed E-state index contributed by atoms with van der Waals surface area (Å²) < 4.78 is 5.31. The van der Waals surface area contributed by atoms with Crippen LogP contribution >= 0.6 is 23.2 Å². The molecule has 10 heteroatoms. The fourth-order valence-corrected chi connectivity index (χ4v) is 3.19. The van der Waals surface area contributed by atoms with Crippen LogP contribution < -0.4 is 15.4 Å². The monoisotopic (exact) mass is 459 g/mol. The predicted octanol–water partition coefficient (Wildman–Crippen LogP) is 5.41. The molecule has 158 valence electrons. The second-order valence-electron chi connectivity index (χ2n) is 6.22. The van der Waals surface area contributed by atoms with Crippen molar-refractivity contribution in [2.24, 2.45) is 0 Å². The summed E-state index contributed by atoms with van der Waals surface area (Å²) in [7, 11) is 1.42. The smallest absolute Gasteiger partial charge is 0.270 e. The fraction of sp³-hybridized carbons (Fsp3) is 0.0476. The number of nitrogens with one attached hydrogen (secondary N) is 2. The van der Waals surface area contributed by atoms with E-state index in [0.29, 0.717) is 27.7 Å². The van der Waals surface area contributed by atoms with Crippen LogP contribution in [0.5, 0.6) is 5.75 Å². The van der Waals surface area contributed by atoms with E-state index in [-0.39, 0.29) is 16.3 Å². The normalized spacial score (nSPS) is 10.3. The van der Waals surface area contributed by atoms with Crippen molar-refractivity contribution < 1.29 is 19.2 Å². The lowest BCUT2D eigenvalue weighted by molar-refractivity contribution is -0.384. The van der Waals surface area contributed by atoms with Gasteiger partial charge in [-0.1, -0.05) is 35.3 Å². The Morgan fingerprint density at radius 1 is 0.903 bits per heavy atom. The molecule has 0 radical (unpaired) electrons. The summed E-state index contributed by atoms with van der Waals surface area (Å²) >= 11 is 12.1. The summed E-state index contributed by atoms with van der Waals surface area (Å²) in [4.78, 5) is 35.2. The quantitative estimate of drug-likeness (QED) is 0.377. The minimum atomic E-state index is -0.603. The summed E-state index contributed by atoms with van der Waals surface area (Å²) in [5.41, 5.74) is 0.895. The van der Waals surface area contributed by atoms with Gasteiger partial charge in [0.25, 0.3) is 17.5 Å². The van der Waals surface area contributed by atoms with Gasteiger partial charge in [0.15, 0.2) is 0 Å². The number of nitro benzene ring substituents is 1. The molecule has 8 nitrogen and oxygen atoms in total. The topological polar surface area (TPSA) is 111 Å². The molecule has 0 saturated heterocycles. The molecule has 0 unspecified atom stereocenters. The van der Waals surface area contributed by atoms with Crippen LogP contribution in [0.2, 0.25) is 10.0 Å². The standard InChI is InChI=1S/C21H15Cl2N3O5/c1-31-19-10-12(24-20(27)15-8-7-13(26(29)30)11-17(15)23)6-9-18(19)25-21(28)14-4-2-3-5-16(14)22/h2-11H,1H3,(H,24,27)(H,25,28). The highest BCUT2D eigenvalue weighted by molar-refractivity contribution is 6.35. The van der Waals surface area contributed by atoms with Crippen molar-refractivity contribution in [3.63, 3.8) is 0 Å². The number of amides is 2. The molecule has 3 aromatic rings. The van der Waals surface area contributed by atoms with Crippen LogP contribution in [0.25, 0.3) is 0 Å². The second-order valence-corrected chi connectivity index (χ2v) is 7.04. The van der Waals surface area contributed by atoms with Gasteiger partial charge in [-0.25, -0.2) is 0 Å². The van der Waals surface area contributed by atoms with Gasteiger partial charge in [-0.15, -0.1) is 0 Å². The summed E-state index contributed by atoms with van der Waals surface area (Å²) in [6, 6.07) is 14.8. The van der Waals surface area contributed by atoms with E-state index in [9.17, 15) is 19.7 Å². The van der Waals surface area contributed by atoms with Gasteiger partial charge in [0.05, 0.1) is 38.9 Å². The maximum Gasteiger partial charge on any atom is 0.270 e. The Balaban J connectivity index is 1.78. The SMILES string of the molecule is COc1cc(NC(=O)c2ccc([N+](=O)[O-])cc2Cl)ccc1NC(=O)c1ccccc1Cl. The van der Waals surface area contributed by atoms with Crippen molar-refractivity contribution in [1.82, 2.24) is 0 Å². The highest BCUT2D eigenvalue weighted by atomic mass is 35.5. The maximum absolute atomic E-state index is 12.5. The Kier molecular flexibility index (Phi) is 6.74. The van der Waals surface area contributed by atoms with Crippen LogP contribution in [0, 0.1) is 10.1 Å². The molecule has 0 heterocycles. The van der Waals surface area contributed by atoms with E-state index in [1.807, 2.05) is 0 Å². The highest BCUT2D eigenvalue weighted by Crippen LogP contribution is 2.30. The van der Waals surface area contributed by atoms with Crippen molar-refractivity contribution in [2.45, 2.75) is 0 Å². The molecule has 0 bridgehead atoms. The Morgan fingerprint density at radius 3 is 2.23 bits per heavy atom. The molecular formula is C21H15Cl2N3O5. The van der Waals surface area contributed by atoms with Crippen LogP contribution in [0.1, 0.15) is 20.7 Å². The van der Waals surface area contributed by atoms with Gasteiger partial charge >= 0.3 is 0 Å². The summed E-state index contributed by atoms with van der Waals surface area (Å²) in [5.74, 6) is -0.679. The third-order valence-corrected chi connectivity index (χ3v) is 4.88. The third kappa shape index (κ3) is 5.11. The molecule has 0 fully saturated rings. The average Bonchev–Trinajstić information content (AvgIpc) is 2.74. The molecule has 0 aromatic heterocycles.